The normalized spacial score (nSPS) is 16.0. The number of aliphatic carboxylic acids is 1. The molecular formula is C22H21F3N6O4. The SMILES string of the molecule is CC(=O)c1cc(-c2cnc3c(N)ncnn23)cc2c1C(=O)N([C@@H](C)C1CC1)C2.O=C(O)C(F)(F)F. The van der Waals surface area contributed by atoms with Crippen molar-refractivity contribution >= 4 is 29.1 Å². The van der Waals surface area contributed by atoms with Gasteiger partial charge in [0.05, 0.1) is 17.5 Å². The number of hydrogen-bond donors (Lipinski definition) is 2. The van der Waals surface area contributed by atoms with E-state index in [2.05, 4.69) is 22.0 Å². The first-order valence-electron chi connectivity index (χ1n) is 10.6. The summed E-state index contributed by atoms with van der Waals surface area (Å²) in [4.78, 5) is 44.5. The lowest BCUT2D eigenvalue weighted by molar-refractivity contribution is -0.192. The number of nitrogen functional groups attached to an aromatic ring is 1. The number of ketones is 1. The van der Waals surface area contributed by atoms with E-state index in [-0.39, 0.29) is 23.6 Å². The van der Waals surface area contributed by atoms with Crippen molar-refractivity contribution in [2.45, 2.75) is 45.5 Å². The van der Waals surface area contributed by atoms with Crippen LogP contribution < -0.4 is 5.73 Å². The van der Waals surface area contributed by atoms with Gasteiger partial charge < -0.3 is 15.7 Å². The number of fused-ring (bicyclic) bond motifs is 2. The van der Waals surface area contributed by atoms with Crippen LogP contribution in [0.5, 0.6) is 0 Å². The number of imidazole rings is 1. The summed E-state index contributed by atoms with van der Waals surface area (Å²) < 4.78 is 33.3. The molecule has 3 N–H and O–H groups in total. The molecule has 1 aliphatic heterocycles. The number of nitrogens with zero attached hydrogens (tertiary/aromatic N) is 5. The molecule has 1 aliphatic carbocycles. The zero-order chi connectivity index (χ0) is 25.7. The van der Waals surface area contributed by atoms with Gasteiger partial charge in [-0.15, -0.1) is 0 Å². The Hall–Kier alpha value is -4.03. The molecule has 0 radical (unpaired) electrons. The Morgan fingerprint density at radius 1 is 1.23 bits per heavy atom. The summed E-state index contributed by atoms with van der Waals surface area (Å²) in [5.74, 6) is -2.08. The van der Waals surface area contributed by atoms with E-state index in [4.69, 9.17) is 15.6 Å². The minimum Gasteiger partial charge on any atom is -0.475 e. The molecule has 2 aromatic heterocycles. The van der Waals surface area contributed by atoms with E-state index in [1.165, 1.54) is 13.3 Å². The number of amides is 1. The van der Waals surface area contributed by atoms with Crippen molar-refractivity contribution < 1.29 is 32.7 Å². The lowest BCUT2D eigenvalue weighted by Crippen LogP contribution is -2.35. The fraction of sp³-hybridized carbons (Fsp3) is 0.364. The molecule has 3 heterocycles. The van der Waals surface area contributed by atoms with Gasteiger partial charge in [-0.2, -0.15) is 18.3 Å². The minimum absolute atomic E-state index is 0.0455. The van der Waals surface area contributed by atoms with Crippen LogP contribution in [-0.2, 0) is 11.3 Å². The van der Waals surface area contributed by atoms with Gasteiger partial charge in [-0.25, -0.2) is 19.3 Å². The second kappa shape index (κ2) is 8.64. The first-order chi connectivity index (χ1) is 16.4. The number of anilines is 1. The van der Waals surface area contributed by atoms with Gasteiger partial charge in [0, 0.05) is 23.7 Å². The van der Waals surface area contributed by atoms with Crippen LogP contribution in [0.15, 0.2) is 24.7 Å². The molecule has 5 rings (SSSR count). The quantitative estimate of drug-likeness (QED) is 0.531. The topological polar surface area (TPSA) is 144 Å². The fourth-order valence-electron chi connectivity index (χ4n) is 4.10. The Morgan fingerprint density at radius 3 is 2.46 bits per heavy atom. The van der Waals surface area contributed by atoms with E-state index in [1.54, 1.807) is 16.8 Å². The number of carboxylic acid groups (broad SMARTS) is 1. The number of carboxylic acids is 1. The van der Waals surface area contributed by atoms with Crippen molar-refractivity contribution in [2.24, 2.45) is 5.92 Å². The molecule has 1 amide bonds. The number of carbonyl (C=O) groups is 3. The highest BCUT2D eigenvalue weighted by molar-refractivity contribution is 6.10. The molecule has 1 fully saturated rings. The Bertz CT molecular complexity index is 1350. The first kappa shape index (κ1) is 24.1. The summed E-state index contributed by atoms with van der Waals surface area (Å²) >= 11 is 0. The predicted molar refractivity (Wildman–Crippen MR) is 116 cm³/mol. The third kappa shape index (κ3) is 4.53. The predicted octanol–water partition coefficient (Wildman–Crippen LogP) is 2.96. The van der Waals surface area contributed by atoms with Gasteiger partial charge in [0.2, 0.25) is 0 Å². The molecule has 184 valence electrons. The molecule has 3 aromatic rings. The number of hydrogen-bond acceptors (Lipinski definition) is 7. The fourth-order valence-corrected chi connectivity index (χ4v) is 4.10. The Labute approximate surface area is 196 Å². The molecule has 1 aromatic carbocycles. The number of carbonyl (C=O) groups excluding carboxylic acids is 2. The zero-order valence-electron chi connectivity index (χ0n) is 18.7. The number of alkyl halides is 3. The van der Waals surface area contributed by atoms with Crippen molar-refractivity contribution in [2.75, 3.05) is 5.73 Å². The van der Waals surface area contributed by atoms with Crippen LogP contribution in [0.3, 0.4) is 0 Å². The maximum atomic E-state index is 13.1. The molecule has 0 saturated heterocycles. The van der Waals surface area contributed by atoms with Crippen molar-refractivity contribution in [3.63, 3.8) is 0 Å². The van der Waals surface area contributed by atoms with Crippen molar-refractivity contribution in [3.8, 4) is 11.3 Å². The van der Waals surface area contributed by atoms with Gasteiger partial charge >= 0.3 is 12.1 Å². The van der Waals surface area contributed by atoms with Crippen LogP contribution in [0, 0.1) is 5.92 Å². The molecule has 35 heavy (non-hydrogen) atoms. The van der Waals surface area contributed by atoms with E-state index < -0.39 is 12.1 Å². The zero-order valence-corrected chi connectivity index (χ0v) is 18.7. The van der Waals surface area contributed by atoms with E-state index in [9.17, 15) is 22.8 Å². The molecule has 2 aliphatic rings. The summed E-state index contributed by atoms with van der Waals surface area (Å²) in [7, 11) is 0. The van der Waals surface area contributed by atoms with Gasteiger partial charge in [0.25, 0.3) is 5.91 Å². The van der Waals surface area contributed by atoms with Crippen molar-refractivity contribution in [3.05, 3.63) is 41.3 Å². The van der Waals surface area contributed by atoms with Crippen LogP contribution in [0.2, 0.25) is 0 Å². The number of aromatic nitrogens is 4. The van der Waals surface area contributed by atoms with Crippen LogP contribution in [-0.4, -0.2) is 59.5 Å². The third-order valence-corrected chi connectivity index (χ3v) is 6.08. The minimum atomic E-state index is -5.08. The smallest absolute Gasteiger partial charge is 0.475 e. The van der Waals surface area contributed by atoms with Gasteiger partial charge in [-0.05, 0) is 50.3 Å². The molecule has 10 nitrogen and oxygen atoms in total. The third-order valence-electron chi connectivity index (χ3n) is 6.08. The number of rotatable bonds is 4. The maximum absolute atomic E-state index is 13.1. The summed E-state index contributed by atoms with van der Waals surface area (Å²) in [5, 5.41) is 11.4. The summed E-state index contributed by atoms with van der Waals surface area (Å²) in [6.07, 6.45) is 0.271. The van der Waals surface area contributed by atoms with Gasteiger partial charge in [-0.1, -0.05) is 0 Å². The summed E-state index contributed by atoms with van der Waals surface area (Å²) in [6.45, 7) is 4.11. The largest absolute Gasteiger partial charge is 0.490 e. The number of Topliss-reactive ketones (excluding diaryl/α,β-unsaturated/α-hetero) is 1. The van der Waals surface area contributed by atoms with Crippen molar-refractivity contribution in [1.29, 1.82) is 0 Å². The highest BCUT2D eigenvalue weighted by Crippen LogP contribution is 2.40. The van der Waals surface area contributed by atoms with Crippen LogP contribution in [0.4, 0.5) is 19.0 Å². The van der Waals surface area contributed by atoms with E-state index in [0.717, 1.165) is 24.0 Å². The van der Waals surface area contributed by atoms with Crippen LogP contribution in [0.25, 0.3) is 16.9 Å². The van der Waals surface area contributed by atoms with E-state index in [0.29, 0.717) is 34.9 Å². The second-order valence-electron chi connectivity index (χ2n) is 8.45. The molecule has 13 heteroatoms. The van der Waals surface area contributed by atoms with Crippen molar-refractivity contribution in [1.82, 2.24) is 24.5 Å². The summed E-state index contributed by atoms with van der Waals surface area (Å²) in [5.41, 5.74) is 9.68. The molecule has 0 spiro atoms. The molecular weight excluding hydrogens is 469 g/mol. The highest BCUT2D eigenvalue weighted by Gasteiger charge is 2.40. The number of nitrogens with two attached hydrogens (primary N) is 1. The average molecular weight is 490 g/mol. The standard InChI is InChI=1S/C20H20N6O2.C2HF3O2/c1-10(12-3-4-12)25-8-14-5-13(6-15(11(2)27)17(14)20(25)28)16-7-22-19-18(21)23-9-24-26(16)19;3-2(4,5)1(6)7/h5-7,9-10,12H,3-4,8H2,1-2H3,(H2,21,23,24);(H,6,7)/t10-;/m0./s1. The second-order valence-corrected chi connectivity index (χ2v) is 8.45. The number of halogens is 3. The van der Waals surface area contributed by atoms with Gasteiger partial charge in [-0.3, -0.25) is 9.59 Å². The summed E-state index contributed by atoms with van der Waals surface area (Å²) in [6, 6.07) is 3.90. The average Bonchev–Trinajstić information content (AvgIpc) is 3.46. The van der Waals surface area contributed by atoms with Gasteiger partial charge in [0.15, 0.2) is 17.2 Å². The molecule has 0 bridgehead atoms. The van der Waals surface area contributed by atoms with Crippen LogP contribution in [0.1, 0.15) is 53.0 Å². The molecule has 0 unspecified atom stereocenters. The Morgan fingerprint density at radius 2 is 1.89 bits per heavy atom. The lowest BCUT2D eigenvalue weighted by Gasteiger charge is -2.24. The first-order valence-corrected chi connectivity index (χ1v) is 10.6. The Kier molecular flexibility index (Phi) is 5.95. The lowest BCUT2D eigenvalue weighted by atomic mass is 9.96. The Balaban J connectivity index is 0.000000364. The monoisotopic (exact) mass is 490 g/mol. The molecule has 1 atom stereocenters. The maximum Gasteiger partial charge on any atom is 0.490 e. The van der Waals surface area contributed by atoms with E-state index in [1.807, 2.05) is 11.0 Å². The van der Waals surface area contributed by atoms with Crippen LogP contribution >= 0.6 is 0 Å². The molecule has 1 saturated carbocycles. The highest BCUT2D eigenvalue weighted by atomic mass is 19.4. The number of benzene rings is 1. The van der Waals surface area contributed by atoms with Gasteiger partial charge in [0.1, 0.15) is 6.33 Å². The van der Waals surface area contributed by atoms with E-state index >= 15 is 0 Å².